The van der Waals surface area contributed by atoms with Crippen molar-refractivity contribution in [3.63, 3.8) is 0 Å². The third-order valence-corrected chi connectivity index (χ3v) is 3.09. The Morgan fingerprint density at radius 3 is 2.87 bits per heavy atom. The predicted molar refractivity (Wildman–Crippen MR) is 56.1 cm³/mol. The van der Waals surface area contributed by atoms with Crippen molar-refractivity contribution < 1.29 is 9.53 Å². The number of carbonyl (C=O) groups is 1. The molecule has 3 rings (SSSR count). The molecule has 1 aromatic carbocycles. The number of fused-ring (bicyclic) bond motifs is 2. The van der Waals surface area contributed by atoms with E-state index in [0.717, 1.165) is 29.8 Å². The van der Waals surface area contributed by atoms with Crippen molar-refractivity contribution in [2.24, 2.45) is 0 Å². The van der Waals surface area contributed by atoms with Crippen molar-refractivity contribution in [1.82, 2.24) is 5.32 Å². The molecule has 0 unspecified atom stereocenters. The van der Waals surface area contributed by atoms with Gasteiger partial charge in [0.05, 0.1) is 12.6 Å². The normalized spacial score (nSPS) is 20.2. The van der Waals surface area contributed by atoms with Gasteiger partial charge in [-0.15, -0.1) is 0 Å². The van der Waals surface area contributed by atoms with Gasteiger partial charge in [-0.25, -0.2) is 4.79 Å². The lowest BCUT2D eigenvalue weighted by Gasteiger charge is -2.27. The molecule has 4 nitrogen and oxygen atoms in total. The Kier molecular flexibility index (Phi) is 1.52. The van der Waals surface area contributed by atoms with Crippen LogP contribution in [0.2, 0.25) is 0 Å². The number of carbonyl (C=O) groups excluding carboxylic acids is 1. The van der Waals surface area contributed by atoms with E-state index in [4.69, 9.17) is 4.74 Å². The number of benzene rings is 1. The second kappa shape index (κ2) is 2.66. The minimum atomic E-state index is -0.119. The summed E-state index contributed by atoms with van der Waals surface area (Å²) in [7, 11) is 1.65. The van der Waals surface area contributed by atoms with Gasteiger partial charge in [-0.3, -0.25) is 0 Å². The van der Waals surface area contributed by atoms with Crippen LogP contribution in [0.4, 0.5) is 10.5 Å². The molecule has 0 atom stereocenters. The molecule has 0 bridgehead atoms. The molecule has 4 heteroatoms. The van der Waals surface area contributed by atoms with E-state index >= 15 is 0 Å². The largest absolute Gasteiger partial charge is 0.497 e. The van der Waals surface area contributed by atoms with E-state index in [-0.39, 0.29) is 11.6 Å². The number of rotatable bonds is 1. The summed E-state index contributed by atoms with van der Waals surface area (Å²) in [5, 5.41) is 5.77. The molecule has 0 aromatic heterocycles. The number of amides is 2. The van der Waals surface area contributed by atoms with Gasteiger partial charge in [0.15, 0.2) is 0 Å². The monoisotopic (exact) mass is 204 g/mol. The summed E-state index contributed by atoms with van der Waals surface area (Å²) in [6.07, 6.45) is 2.03. The van der Waals surface area contributed by atoms with Crippen LogP contribution in [0.1, 0.15) is 18.4 Å². The Balaban J connectivity index is 2.12. The van der Waals surface area contributed by atoms with Crippen molar-refractivity contribution in [3.05, 3.63) is 23.8 Å². The van der Waals surface area contributed by atoms with Crippen molar-refractivity contribution >= 4 is 11.7 Å². The molecule has 1 spiro atoms. The van der Waals surface area contributed by atoms with E-state index < -0.39 is 0 Å². The van der Waals surface area contributed by atoms with Crippen LogP contribution in [0.3, 0.4) is 0 Å². The summed E-state index contributed by atoms with van der Waals surface area (Å²) in [4.78, 5) is 11.4. The van der Waals surface area contributed by atoms with Gasteiger partial charge in [0.25, 0.3) is 0 Å². The summed E-state index contributed by atoms with van der Waals surface area (Å²) in [6.45, 7) is 0. The molecule has 1 aliphatic carbocycles. The maximum Gasteiger partial charge on any atom is 0.319 e. The Labute approximate surface area is 87.6 Å². The van der Waals surface area contributed by atoms with Gasteiger partial charge in [-0.05, 0) is 31.0 Å². The number of nitrogens with one attached hydrogen (secondary N) is 2. The van der Waals surface area contributed by atoms with E-state index in [1.165, 1.54) is 0 Å². The third kappa shape index (κ3) is 1.17. The van der Waals surface area contributed by atoms with E-state index in [0.29, 0.717) is 0 Å². The molecule has 0 saturated heterocycles. The summed E-state index contributed by atoms with van der Waals surface area (Å²) in [5.41, 5.74) is 1.92. The third-order valence-electron chi connectivity index (χ3n) is 3.09. The van der Waals surface area contributed by atoms with Gasteiger partial charge in [0.2, 0.25) is 0 Å². The highest BCUT2D eigenvalue weighted by Gasteiger charge is 2.49. The number of methoxy groups -OCH3 is 1. The Bertz CT molecular complexity index is 438. The molecular formula is C11H12N2O2. The zero-order valence-electron chi connectivity index (χ0n) is 8.46. The number of urea groups is 1. The molecule has 1 fully saturated rings. The van der Waals surface area contributed by atoms with Crippen LogP contribution in [0, 0.1) is 0 Å². The second-order valence-corrected chi connectivity index (χ2v) is 4.07. The van der Waals surface area contributed by atoms with Crippen LogP contribution in [0.5, 0.6) is 5.75 Å². The van der Waals surface area contributed by atoms with Crippen LogP contribution < -0.4 is 15.4 Å². The molecule has 0 radical (unpaired) electrons. The highest BCUT2D eigenvalue weighted by Crippen LogP contribution is 2.50. The average Bonchev–Trinajstić information content (AvgIpc) is 2.98. The molecule has 15 heavy (non-hydrogen) atoms. The molecule has 2 N–H and O–H groups in total. The summed E-state index contributed by atoms with van der Waals surface area (Å²) in [5.74, 6) is 0.831. The minimum Gasteiger partial charge on any atom is -0.497 e. The Morgan fingerprint density at radius 2 is 2.20 bits per heavy atom. The van der Waals surface area contributed by atoms with Crippen LogP contribution in [-0.2, 0) is 5.54 Å². The van der Waals surface area contributed by atoms with Crippen LogP contribution in [0.25, 0.3) is 0 Å². The lowest BCUT2D eigenvalue weighted by molar-refractivity contribution is 0.246. The number of hydrogen-bond acceptors (Lipinski definition) is 2. The van der Waals surface area contributed by atoms with E-state index in [1.54, 1.807) is 7.11 Å². The average molecular weight is 204 g/mol. The lowest BCUT2D eigenvalue weighted by atomic mass is 10.0. The first-order valence-electron chi connectivity index (χ1n) is 5.01. The predicted octanol–water partition coefficient (Wildman–Crippen LogP) is 1.82. The fraction of sp³-hybridized carbons (Fsp3) is 0.364. The van der Waals surface area contributed by atoms with Crippen LogP contribution in [0.15, 0.2) is 18.2 Å². The summed E-state index contributed by atoms with van der Waals surface area (Å²) in [6, 6.07) is 5.65. The molecule has 1 aromatic rings. The van der Waals surface area contributed by atoms with Crippen LogP contribution >= 0.6 is 0 Å². The fourth-order valence-electron chi connectivity index (χ4n) is 2.11. The van der Waals surface area contributed by atoms with Crippen molar-refractivity contribution in [2.75, 3.05) is 12.4 Å². The first kappa shape index (κ1) is 8.59. The minimum absolute atomic E-state index is 0.106. The van der Waals surface area contributed by atoms with Crippen molar-refractivity contribution in [1.29, 1.82) is 0 Å². The lowest BCUT2D eigenvalue weighted by Crippen LogP contribution is -2.42. The molecule has 78 valence electrons. The number of hydrogen-bond donors (Lipinski definition) is 2. The van der Waals surface area contributed by atoms with Gasteiger partial charge >= 0.3 is 6.03 Å². The zero-order chi connectivity index (χ0) is 10.5. The second-order valence-electron chi connectivity index (χ2n) is 4.07. The zero-order valence-corrected chi connectivity index (χ0v) is 8.46. The summed E-state index contributed by atoms with van der Waals surface area (Å²) >= 11 is 0. The maximum atomic E-state index is 11.4. The number of anilines is 1. The van der Waals surface area contributed by atoms with Gasteiger partial charge in [-0.1, -0.05) is 0 Å². The maximum absolute atomic E-state index is 11.4. The molecule has 2 aliphatic rings. The fourth-order valence-corrected chi connectivity index (χ4v) is 2.11. The first-order valence-corrected chi connectivity index (χ1v) is 5.01. The van der Waals surface area contributed by atoms with Gasteiger partial charge in [0.1, 0.15) is 5.75 Å². The molecule has 1 aliphatic heterocycles. The molecule has 2 amide bonds. The van der Waals surface area contributed by atoms with E-state index in [1.807, 2.05) is 18.2 Å². The Hall–Kier alpha value is -1.71. The van der Waals surface area contributed by atoms with E-state index in [9.17, 15) is 4.79 Å². The Morgan fingerprint density at radius 1 is 1.40 bits per heavy atom. The molecule has 1 heterocycles. The van der Waals surface area contributed by atoms with Crippen molar-refractivity contribution in [2.45, 2.75) is 18.4 Å². The van der Waals surface area contributed by atoms with Gasteiger partial charge in [0, 0.05) is 11.3 Å². The number of ether oxygens (including phenoxy) is 1. The summed E-state index contributed by atoms with van der Waals surface area (Å²) < 4.78 is 5.19. The molecular weight excluding hydrogens is 192 g/mol. The topological polar surface area (TPSA) is 50.4 Å². The quantitative estimate of drug-likeness (QED) is 0.733. The highest BCUT2D eigenvalue weighted by molar-refractivity contribution is 5.94. The SMILES string of the molecule is COc1ccc2c(c1)C1(CC1)NC(=O)N2. The van der Waals surface area contributed by atoms with Crippen molar-refractivity contribution in [3.8, 4) is 5.75 Å². The first-order chi connectivity index (χ1) is 7.23. The van der Waals surface area contributed by atoms with Crippen LogP contribution in [-0.4, -0.2) is 13.1 Å². The smallest absolute Gasteiger partial charge is 0.319 e. The van der Waals surface area contributed by atoms with Gasteiger partial charge < -0.3 is 15.4 Å². The van der Waals surface area contributed by atoms with E-state index in [2.05, 4.69) is 10.6 Å². The van der Waals surface area contributed by atoms with Gasteiger partial charge in [-0.2, -0.15) is 0 Å². The highest BCUT2D eigenvalue weighted by atomic mass is 16.5. The molecule has 1 saturated carbocycles. The standard InChI is InChI=1S/C11H12N2O2/c1-15-7-2-3-9-8(6-7)11(4-5-11)13-10(14)12-9/h2-3,6H,4-5H2,1H3,(H2,12,13,14).